The first kappa shape index (κ1) is 11.8. The Morgan fingerprint density at radius 2 is 2.22 bits per heavy atom. The Balaban J connectivity index is 2.18. The van der Waals surface area contributed by atoms with Gasteiger partial charge < -0.3 is 9.73 Å². The van der Waals surface area contributed by atoms with Crippen LogP contribution in [0.15, 0.2) is 34.9 Å². The SMILES string of the molecule is Cc1nc(NC(=O)c2ccco2)ccc1[N+](=O)[O-]. The summed E-state index contributed by atoms with van der Waals surface area (Å²) in [5.41, 5.74) is 0.142. The van der Waals surface area contributed by atoms with Crippen LogP contribution in [-0.4, -0.2) is 15.8 Å². The normalized spacial score (nSPS) is 10.1. The molecule has 92 valence electrons. The maximum atomic E-state index is 11.6. The first-order chi connectivity index (χ1) is 8.58. The summed E-state index contributed by atoms with van der Waals surface area (Å²) < 4.78 is 4.91. The van der Waals surface area contributed by atoms with Crippen LogP contribution in [0.1, 0.15) is 16.2 Å². The molecule has 0 saturated heterocycles. The molecule has 0 aliphatic heterocycles. The Labute approximate surface area is 102 Å². The molecule has 18 heavy (non-hydrogen) atoms. The summed E-state index contributed by atoms with van der Waals surface area (Å²) in [5.74, 6) is -0.0759. The number of aryl methyl sites for hydroxylation is 1. The number of aromatic nitrogens is 1. The molecule has 2 heterocycles. The third-order valence-corrected chi connectivity index (χ3v) is 2.24. The summed E-state index contributed by atoms with van der Waals surface area (Å²) in [4.78, 5) is 25.6. The molecule has 0 spiro atoms. The van der Waals surface area contributed by atoms with Gasteiger partial charge in [-0.25, -0.2) is 4.98 Å². The highest BCUT2D eigenvalue weighted by Gasteiger charge is 2.14. The molecular formula is C11H9N3O4. The molecular weight excluding hydrogens is 238 g/mol. The highest BCUT2D eigenvalue weighted by Crippen LogP contribution is 2.18. The number of pyridine rings is 1. The van der Waals surface area contributed by atoms with Crippen molar-refractivity contribution < 1.29 is 14.1 Å². The quantitative estimate of drug-likeness (QED) is 0.661. The Kier molecular flexibility index (Phi) is 3.05. The zero-order valence-electron chi connectivity index (χ0n) is 9.41. The lowest BCUT2D eigenvalue weighted by Gasteiger charge is -2.03. The third-order valence-electron chi connectivity index (χ3n) is 2.24. The van der Waals surface area contributed by atoms with E-state index in [1.54, 1.807) is 6.07 Å². The van der Waals surface area contributed by atoms with Crippen molar-refractivity contribution >= 4 is 17.4 Å². The number of amides is 1. The van der Waals surface area contributed by atoms with Crippen molar-refractivity contribution in [1.29, 1.82) is 0 Å². The summed E-state index contributed by atoms with van der Waals surface area (Å²) in [7, 11) is 0. The minimum atomic E-state index is -0.527. The number of anilines is 1. The average Bonchev–Trinajstić information content (AvgIpc) is 2.81. The fourth-order valence-electron chi connectivity index (χ4n) is 1.40. The maximum Gasteiger partial charge on any atom is 0.292 e. The van der Waals surface area contributed by atoms with E-state index in [0.717, 1.165) is 0 Å². The topological polar surface area (TPSA) is 98.3 Å². The highest BCUT2D eigenvalue weighted by atomic mass is 16.6. The molecule has 0 saturated carbocycles. The Bertz CT molecular complexity index is 592. The molecule has 0 aromatic carbocycles. The summed E-state index contributed by atoms with van der Waals surface area (Å²) in [6.07, 6.45) is 1.38. The molecule has 0 bridgehead atoms. The monoisotopic (exact) mass is 247 g/mol. The van der Waals surface area contributed by atoms with E-state index < -0.39 is 10.8 Å². The van der Waals surface area contributed by atoms with E-state index in [1.165, 1.54) is 31.4 Å². The second kappa shape index (κ2) is 4.66. The van der Waals surface area contributed by atoms with Crippen molar-refractivity contribution in [2.75, 3.05) is 5.32 Å². The zero-order chi connectivity index (χ0) is 13.1. The molecule has 7 heteroatoms. The van der Waals surface area contributed by atoms with Gasteiger partial charge in [-0.3, -0.25) is 14.9 Å². The molecule has 1 amide bonds. The van der Waals surface area contributed by atoms with Gasteiger partial charge in [-0.2, -0.15) is 0 Å². The Morgan fingerprint density at radius 3 is 2.78 bits per heavy atom. The molecule has 2 aromatic heterocycles. The molecule has 2 rings (SSSR count). The van der Waals surface area contributed by atoms with Gasteiger partial charge in [-0.05, 0) is 25.1 Å². The van der Waals surface area contributed by atoms with Crippen molar-refractivity contribution in [2.24, 2.45) is 0 Å². The number of nitro groups is 1. The van der Waals surface area contributed by atoms with Crippen LogP contribution in [0.25, 0.3) is 0 Å². The van der Waals surface area contributed by atoms with Crippen LogP contribution >= 0.6 is 0 Å². The molecule has 0 fully saturated rings. The molecule has 0 aliphatic carbocycles. The van der Waals surface area contributed by atoms with Crippen LogP contribution in [0.5, 0.6) is 0 Å². The Morgan fingerprint density at radius 1 is 1.44 bits per heavy atom. The summed E-state index contributed by atoms with van der Waals surface area (Å²) in [6, 6.07) is 5.75. The van der Waals surface area contributed by atoms with Crippen LogP contribution in [0.3, 0.4) is 0 Å². The summed E-state index contributed by atoms with van der Waals surface area (Å²) in [6.45, 7) is 1.50. The fraction of sp³-hybridized carbons (Fsp3) is 0.0909. The largest absolute Gasteiger partial charge is 0.459 e. The van der Waals surface area contributed by atoms with Crippen molar-refractivity contribution in [2.45, 2.75) is 6.92 Å². The van der Waals surface area contributed by atoms with Crippen molar-refractivity contribution in [3.05, 3.63) is 52.1 Å². The van der Waals surface area contributed by atoms with Gasteiger partial charge in [0.25, 0.3) is 11.6 Å². The molecule has 0 radical (unpaired) electrons. The fourth-order valence-corrected chi connectivity index (χ4v) is 1.40. The minimum absolute atomic E-state index is 0.0917. The number of hydrogen-bond acceptors (Lipinski definition) is 5. The molecule has 7 nitrogen and oxygen atoms in total. The van der Waals surface area contributed by atoms with Gasteiger partial charge in [0.2, 0.25) is 0 Å². The highest BCUT2D eigenvalue weighted by molar-refractivity contribution is 6.01. The smallest absolute Gasteiger partial charge is 0.292 e. The van der Waals surface area contributed by atoms with Gasteiger partial charge in [0.15, 0.2) is 5.76 Å². The van der Waals surface area contributed by atoms with E-state index in [9.17, 15) is 14.9 Å². The first-order valence-corrected chi connectivity index (χ1v) is 5.05. The van der Waals surface area contributed by atoms with Crippen molar-refractivity contribution in [3.63, 3.8) is 0 Å². The van der Waals surface area contributed by atoms with E-state index in [2.05, 4.69) is 10.3 Å². The van der Waals surface area contributed by atoms with Crippen LogP contribution in [0, 0.1) is 17.0 Å². The lowest BCUT2D eigenvalue weighted by atomic mass is 10.3. The minimum Gasteiger partial charge on any atom is -0.459 e. The lowest BCUT2D eigenvalue weighted by molar-refractivity contribution is -0.385. The second-order valence-electron chi connectivity index (χ2n) is 3.49. The first-order valence-electron chi connectivity index (χ1n) is 5.05. The molecule has 1 N–H and O–H groups in total. The predicted octanol–water partition coefficient (Wildman–Crippen LogP) is 2.14. The number of hydrogen-bond donors (Lipinski definition) is 1. The maximum absolute atomic E-state index is 11.6. The number of furan rings is 1. The molecule has 2 aromatic rings. The van der Waals surface area contributed by atoms with Gasteiger partial charge >= 0.3 is 0 Å². The van der Waals surface area contributed by atoms with Gasteiger partial charge in [-0.15, -0.1) is 0 Å². The Hall–Kier alpha value is -2.70. The number of nitrogens with one attached hydrogen (secondary N) is 1. The van der Waals surface area contributed by atoms with Crippen LogP contribution in [0.2, 0.25) is 0 Å². The van der Waals surface area contributed by atoms with Crippen LogP contribution in [-0.2, 0) is 0 Å². The van der Waals surface area contributed by atoms with E-state index in [-0.39, 0.29) is 23.0 Å². The number of nitrogens with zero attached hydrogens (tertiary/aromatic N) is 2. The van der Waals surface area contributed by atoms with E-state index in [4.69, 9.17) is 4.42 Å². The van der Waals surface area contributed by atoms with Gasteiger partial charge in [0, 0.05) is 6.07 Å². The van der Waals surface area contributed by atoms with E-state index in [0.29, 0.717) is 0 Å². The second-order valence-corrected chi connectivity index (χ2v) is 3.49. The summed E-state index contributed by atoms with van der Waals surface area (Å²) in [5, 5.41) is 13.1. The van der Waals surface area contributed by atoms with Crippen LogP contribution < -0.4 is 5.32 Å². The lowest BCUT2D eigenvalue weighted by Crippen LogP contribution is -2.12. The van der Waals surface area contributed by atoms with E-state index >= 15 is 0 Å². The zero-order valence-corrected chi connectivity index (χ0v) is 9.41. The van der Waals surface area contributed by atoms with Crippen molar-refractivity contribution in [3.8, 4) is 0 Å². The third kappa shape index (κ3) is 2.34. The number of rotatable bonds is 3. The van der Waals surface area contributed by atoms with Crippen LogP contribution in [0.4, 0.5) is 11.5 Å². The number of carbonyl (C=O) groups is 1. The van der Waals surface area contributed by atoms with Gasteiger partial charge in [0.1, 0.15) is 11.5 Å². The average molecular weight is 247 g/mol. The van der Waals surface area contributed by atoms with E-state index in [1.807, 2.05) is 0 Å². The van der Waals surface area contributed by atoms with Gasteiger partial charge in [0.05, 0.1) is 11.2 Å². The summed E-state index contributed by atoms with van der Waals surface area (Å²) >= 11 is 0. The number of carbonyl (C=O) groups excluding carboxylic acids is 1. The van der Waals surface area contributed by atoms with Crippen molar-refractivity contribution in [1.82, 2.24) is 4.98 Å². The molecule has 0 unspecified atom stereocenters. The predicted molar refractivity (Wildman–Crippen MR) is 62.3 cm³/mol. The molecule has 0 atom stereocenters. The standard InChI is InChI=1S/C11H9N3O4/c1-7-8(14(16)17)4-5-10(12-7)13-11(15)9-3-2-6-18-9/h2-6H,1H3,(H,12,13,15). The van der Waals surface area contributed by atoms with Gasteiger partial charge in [-0.1, -0.05) is 0 Å². The molecule has 0 aliphatic rings.